The Hall–Kier alpha value is -1.65. The lowest BCUT2D eigenvalue weighted by molar-refractivity contribution is 0.00578. The summed E-state index contributed by atoms with van der Waals surface area (Å²) in [6, 6.07) is 12.3. The Labute approximate surface area is 132 Å². The van der Waals surface area contributed by atoms with Gasteiger partial charge in [0.05, 0.1) is 16.9 Å². The highest BCUT2D eigenvalue weighted by Crippen LogP contribution is 2.37. The van der Waals surface area contributed by atoms with E-state index in [0.717, 1.165) is 16.7 Å². The van der Waals surface area contributed by atoms with E-state index in [9.17, 15) is 0 Å². The Morgan fingerprint density at radius 3 is 2.27 bits per heavy atom. The molecule has 1 fully saturated rings. The molecule has 0 aliphatic carbocycles. The second-order valence-corrected chi connectivity index (χ2v) is 6.90. The van der Waals surface area contributed by atoms with Crippen molar-refractivity contribution < 1.29 is 9.31 Å². The molecule has 0 amide bonds. The topological polar surface area (TPSA) is 31.4 Å². The minimum atomic E-state index is -0.394. The van der Waals surface area contributed by atoms with E-state index >= 15 is 0 Å². The molecule has 4 heteroatoms. The fourth-order valence-corrected chi connectivity index (χ4v) is 2.61. The van der Waals surface area contributed by atoms with Crippen LogP contribution in [0.5, 0.6) is 0 Å². The van der Waals surface area contributed by atoms with Crippen molar-refractivity contribution >= 4 is 12.6 Å². The lowest BCUT2D eigenvalue weighted by Crippen LogP contribution is -2.41. The third-order valence-corrected chi connectivity index (χ3v) is 4.64. The average Bonchev–Trinajstić information content (AvgIpc) is 2.67. The second-order valence-electron chi connectivity index (χ2n) is 6.90. The van der Waals surface area contributed by atoms with E-state index in [1.807, 2.05) is 24.4 Å². The summed E-state index contributed by atoms with van der Waals surface area (Å²) in [6.07, 6.45) is 1.81. The van der Waals surface area contributed by atoms with Crippen LogP contribution < -0.4 is 5.46 Å². The first kappa shape index (κ1) is 15.3. The van der Waals surface area contributed by atoms with E-state index in [1.165, 1.54) is 5.56 Å². The summed E-state index contributed by atoms with van der Waals surface area (Å²) in [7, 11) is -0.394. The molecule has 0 N–H and O–H groups in total. The number of aryl methyl sites for hydroxylation is 1. The fraction of sp³-hybridized carbons (Fsp3) is 0.389. The third-order valence-electron chi connectivity index (χ3n) is 4.64. The highest BCUT2D eigenvalue weighted by Gasteiger charge is 2.52. The first-order valence-corrected chi connectivity index (χ1v) is 7.68. The molecular formula is C18H22BNO2. The number of rotatable bonds is 2. The smallest absolute Gasteiger partial charge is 0.399 e. The van der Waals surface area contributed by atoms with Gasteiger partial charge in [-0.05, 0) is 46.8 Å². The fourth-order valence-electron chi connectivity index (χ4n) is 2.61. The van der Waals surface area contributed by atoms with E-state index in [0.29, 0.717) is 0 Å². The van der Waals surface area contributed by atoms with Crippen LogP contribution in [0.3, 0.4) is 0 Å². The highest BCUT2D eigenvalue weighted by atomic mass is 16.7. The molecular weight excluding hydrogens is 273 g/mol. The van der Waals surface area contributed by atoms with Crippen molar-refractivity contribution in [3.05, 3.63) is 48.2 Å². The monoisotopic (exact) mass is 295 g/mol. The van der Waals surface area contributed by atoms with Gasteiger partial charge in [0.25, 0.3) is 0 Å². The lowest BCUT2D eigenvalue weighted by atomic mass is 9.76. The lowest BCUT2D eigenvalue weighted by Gasteiger charge is -2.32. The summed E-state index contributed by atoms with van der Waals surface area (Å²) in [6.45, 7) is 10.3. The average molecular weight is 295 g/mol. The molecule has 2 aromatic rings. The maximum Gasteiger partial charge on any atom is 0.497 e. The van der Waals surface area contributed by atoms with Gasteiger partial charge in [0.15, 0.2) is 0 Å². The number of aromatic nitrogens is 1. The molecule has 1 aromatic carbocycles. The van der Waals surface area contributed by atoms with E-state index in [1.54, 1.807) is 0 Å². The second kappa shape index (κ2) is 5.22. The van der Waals surface area contributed by atoms with Crippen molar-refractivity contribution in [2.24, 2.45) is 0 Å². The summed E-state index contributed by atoms with van der Waals surface area (Å²) in [4.78, 5) is 4.57. The van der Waals surface area contributed by atoms with Crippen LogP contribution in [0.25, 0.3) is 11.3 Å². The number of hydrogen-bond acceptors (Lipinski definition) is 3. The summed E-state index contributed by atoms with van der Waals surface area (Å²) < 4.78 is 12.4. The highest BCUT2D eigenvalue weighted by molar-refractivity contribution is 6.63. The molecule has 22 heavy (non-hydrogen) atoms. The summed E-state index contributed by atoms with van der Waals surface area (Å²) >= 11 is 0. The molecule has 3 rings (SSSR count). The first-order valence-electron chi connectivity index (χ1n) is 7.68. The van der Waals surface area contributed by atoms with Gasteiger partial charge < -0.3 is 9.31 Å². The van der Waals surface area contributed by atoms with Crippen LogP contribution in [-0.2, 0) is 9.31 Å². The van der Waals surface area contributed by atoms with Gasteiger partial charge in [0.1, 0.15) is 0 Å². The normalized spacial score (nSPS) is 19.4. The van der Waals surface area contributed by atoms with E-state index in [4.69, 9.17) is 9.31 Å². The van der Waals surface area contributed by atoms with Crippen LogP contribution in [0.4, 0.5) is 0 Å². The van der Waals surface area contributed by atoms with E-state index in [2.05, 4.69) is 57.8 Å². The molecule has 1 aromatic heterocycles. The van der Waals surface area contributed by atoms with Gasteiger partial charge in [-0.25, -0.2) is 0 Å². The van der Waals surface area contributed by atoms with E-state index < -0.39 is 7.12 Å². The molecule has 0 spiro atoms. The van der Waals surface area contributed by atoms with Gasteiger partial charge in [-0.2, -0.15) is 0 Å². The van der Waals surface area contributed by atoms with Gasteiger partial charge in [0, 0.05) is 17.2 Å². The number of nitrogens with zero attached hydrogens (tertiary/aromatic N) is 1. The molecule has 1 aliphatic heterocycles. The Balaban J connectivity index is 2.04. The summed E-state index contributed by atoms with van der Waals surface area (Å²) in [5, 5.41) is 0. The zero-order chi connectivity index (χ0) is 16.0. The quantitative estimate of drug-likeness (QED) is 0.796. The Morgan fingerprint density at radius 1 is 0.955 bits per heavy atom. The summed E-state index contributed by atoms with van der Waals surface area (Å²) in [5.41, 5.74) is 3.50. The maximum absolute atomic E-state index is 6.18. The predicted molar refractivity (Wildman–Crippen MR) is 90.1 cm³/mol. The largest absolute Gasteiger partial charge is 0.497 e. The molecule has 0 atom stereocenters. The Kier molecular flexibility index (Phi) is 3.62. The van der Waals surface area contributed by atoms with Gasteiger partial charge in [0.2, 0.25) is 0 Å². The van der Waals surface area contributed by atoms with Crippen LogP contribution in [0.1, 0.15) is 33.3 Å². The maximum atomic E-state index is 6.18. The van der Waals surface area contributed by atoms with Crippen LogP contribution in [0.2, 0.25) is 0 Å². The van der Waals surface area contributed by atoms with Gasteiger partial charge in [-0.3, -0.25) is 4.98 Å². The predicted octanol–water partition coefficient (Wildman–Crippen LogP) is 3.36. The van der Waals surface area contributed by atoms with E-state index in [-0.39, 0.29) is 11.2 Å². The molecule has 0 bridgehead atoms. The minimum Gasteiger partial charge on any atom is -0.399 e. The summed E-state index contributed by atoms with van der Waals surface area (Å²) in [5.74, 6) is 0. The van der Waals surface area contributed by atoms with Gasteiger partial charge in [-0.1, -0.05) is 29.8 Å². The first-order chi connectivity index (χ1) is 10.3. The third kappa shape index (κ3) is 2.57. The SMILES string of the molecule is Cc1cccc(-c2ncccc2B2OC(C)(C)C(C)(C)O2)c1. The van der Waals surface area contributed by atoms with Gasteiger partial charge in [-0.15, -0.1) is 0 Å². The van der Waals surface area contributed by atoms with Crippen LogP contribution in [-0.4, -0.2) is 23.3 Å². The molecule has 3 nitrogen and oxygen atoms in total. The molecule has 114 valence electrons. The van der Waals surface area contributed by atoms with Crippen molar-refractivity contribution in [1.29, 1.82) is 0 Å². The van der Waals surface area contributed by atoms with Crippen molar-refractivity contribution in [3.8, 4) is 11.3 Å². The van der Waals surface area contributed by atoms with Crippen molar-refractivity contribution in [3.63, 3.8) is 0 Å². The zero-order valence-electron chi connectivity index (χ0n) is 13.9. The number of hydrogen-bond donors (Lipinski definition) is 0. The number of pyridine rings is 1. The molecule has 0 radical (unpaired) electrons. The minimum absolute atomic E-state index is 0.350. The molecule has 1 saturated heterocycles. The Morgan fingerprint density at radius 2 is 1.64 bits per heavy atom. The number of benzene rings is 1. The molecule has 0 saturated carbocycles. The van der Waals surface area contributed by atoms with Crippen LogP contribution in [0, 0.1) is 6.92 Å². The Bertz CT molecular complexity index is 681. The van der Waals surface area contributed by atoms with Gasteiger partial charge >= 0.3 is 7.12 Å². The van der Waals surface area contributed by atoms with Crippen LogP contribution >= 0.6 is 0 Å². The zero-order valence-corrected chi connectivity index (χ0v) is 13.9. The molecule has 0 unspecified atom stereocenters. The van der Waals surface area contributed by atoms with Crippen molar-refractivity contribution in [2.75, 3.05) is 0 Å². The molecule has 1 aliphatic rings. The van der Waals surface area contributed by atoms with Crippen LogP contribution in [0.15, 0.2) is 42.6 Å². The standard InChI is InChI=1S/C18H22BNO2/c1-13-8-6-9-14(12-13)16-15(10-7-11-20-16)19-21-17(2,3)18(4,5)22-19/h6-12H,1-5H3. The van der Waals surface area contributed by atoms with Crippen molar-refractivity contribution in [1.82, 2.24) is 4.98 Å². The molecule has 2 heterocycles. The van der Waals surface area contributed by atoms with Crippen molar-refractivity contribution in [2.45, 2.75) is 45.8 Å².